The lowest BCUT2D eigenvalue weighted by atomic mass is 10.1. The highest BCUT2D eigenvalue weighted by Gasteiger charge is 2.17. The minimum Gasteiger partial charge on any atom is -0.374 e. The monoisotopic (exact) mass is 337 g/mol. The van der Waals surface area contributed by atoms with Crippen molar-refractivity contribution in [2.24, 2.45) is 16.0 Å². The number of aromatic nitrogens is 2. The van der Waals surface area contributed by atoms with E-state index in [9.17, 15) is 4.79 Å². The van der Waals surface area contributed by atoms with E-state index in [4.69, 9.17) is 18.0 Å². The quantitative estimate of drug-likeness (QED) is 0.564. The molecule has 0 spiro atoms. The number of nitrogens with zero attached hydrogens (tertiary/aromatic N) is 3. The van der Waals surface area contributed by atoms with Gasteiger partial charge in [0, 0.05) is 5.56 Å². The van der Waals surface area contributed by atoms with E-state index in [2.05, 4.69) is 15.3 Å². The lowest BCUT2D eigenvalue weighted by Gasteiger charge is -1.99. The van der Waals surface area contributed by atoms with Crippen LogP contribution in [0.1, 0.15) is 5.56 Å². The van der Waals surface area contributed by atoms with Crippen LogP contribution in [0.2, 0.25) is 0 Å². The van der Waals surface area contributed by atoms with Crippen molar-refractivity contribution in [3.8, 4) is 11.3 Å². The molecule has 0 radical (unpaired) electrons. The van der Waals surface area contributed by atoms with E-state index < -0.39 is 5.56 Å². The predicted octanol–water partition coefficient (Wildman–Crippen LogP) is 3.66. The first kappa shape index (κ1) is 15.8. The molecule has 3 N–H and O–H groups in total. The van der Waals surface area contributed by atoms with Gasteiger partial charge < -0.3 is 5.73 Å². The van der Waals surface area contributed by atoms with Gasteiger partial charge in [-0.2, -0.15) is 9.80 Å². The molecule has 3 rings (SSSR count). The number of aromatic amines is 1. The van der Waals surface area contributed by atoms with Crippen LogP contribution in [0.4, 0.5) is 11.4 Å². The van der Waals surface area contributed by atoms with E-state index in [1.165, 1.54) is 0 Å². The zero-order chi connectivity index (χ0) is 17.1. The van der Waals surface area contributed by atoms with Gasteiger partial charge in [0.25, 0.3) is 0 Å². The molecule has 2 aromatic carbocycles. The molecule has 120 valence electrons. The van der Waals surface area contributed by atoms with Crippen LogP contribution < -0.4 is 11.3 Å². The topological polar surface area (TPSA) is 88.5 Å². The third-order valence-electron chi connectivity index (χ3n) is 3.52. The van der Waals surface area contributed by atoms with Gasteiger partial charge in [0.1, 0.15) is 0 Å². The summed E-state index contributed by atoms with van der Waals surface area (Å²) >= 11 is 4.91. The molecule has 1 aromatic heterocycles. The SMILES string of the molecule is Cc1ccccc1N=Nc1c(-c2ccccc2)[nH]n(C(N)=S)c1=O. The van der Waals surface area contributed by atoms with Crippen molar-refractivity contribution in [1.82, 2.24) is 9.78 Å². The fourth-order valence-corrected chi connectivity index (χ4v) is 2.39. The number of aryl methyl sites for hydroxylation is 1. The Hall–Kier alpha value is -3.06. The molecular weight excluding hydrogens is 322 g/mol. The summed E-state index contributed by atoms with van der Waals surface area (Å²) in [6.45, 7) is 1.93. The first-order valence-electron chi connectivity index (χ1n) is 7.25. The van der Waals surface area contributed by atoms with Crippen LogP contribution in [0.15, 0.2) is 69.6 Å². The molecule has 0 bridgehead atoms. The van der Waals surface area contributed by atoms with Gasteiger partial charge in [-0.1, -0.05) is 48.5 Å². The molecule has 1 heterocycles. The minimum atomic E-state index is -0.432. The fourth-order valence-electron chi connectivity index (χ4n) is 2.26. The molecule has 0 aliphatic heterocycles. The van der Waals surface area contributed by atoms with E-state index in [-0.39, 0.29) is 10.8 Å². The van der Waals surface area contributed by atoms with Crippen LogP contribution in [-0.4, -0.2) is 14.9 Å². The van der Waals surface area contributed by atoms with Crippen molar-refractivity contribution in [3.05, 3.63) is 70.5 Å². The average Bonchev–Trinajstić information content (AvgIpc) is 2.92. The molecule has 0 aliphatic rings. The summed E-state index contributed by atoms with van der Waals surface area (Å²) in [7, 11) is 0. The molecule has 7 heteroatoms. The Kier molecular flexibility index (Phi) is 4.35. The van der Waals surface area contributed by atoms with Crippen LogP contribution >= 0.6 is 12.2 Å². The molecule has 0 saturated carbocycles. The fraction of sp³-hybridized carbons (Fsp3) is 0.0588. The lowest BCUT2D eigenvalue weighted by Crippen LogP contribution is -2.29. The summed E-state index contributed by atoms with van der Waals surface area (Å²) < 4.78 is 1.09. The Morgan fingerprint density at radius 1 is 1.08 bits per heavy atom. The van der Waals surface area contributed by atoms with Gasteiger partial charge in [-0.3, -0.25) is 9.89 Å². The van der Waals surface area contributed by atoms with Crippen LogP contribution in [0.25, 0.3) is 11.3 Å². The molecule has 0 fully saturated rings. The summed E-state index contributed by atoms with van der Waals surface area (Å²) in [5, 5.41) is 11.2. The first-order valence-corrected chi connectivity index (χ1v) is 7.66. The minimum absolute atomic E-state index is 0.0745. The second kappa shape index (κ2) is 6.59. The van der Waals surface area contributed by atoms with E-state index in [1.54, 1.807) is 0 Å². The summed E-state index contributed by atoms with van der Waals surface area (Å²) in [6, 6.07) is 16.9. The smallest absolute Gasteiger partial charge is 0.301 e. The zero-order valence-electron chi connectivity index (χ0n) is 12.9. The van der Waals surface area contributed by atoms with Gasteiger partial charge >= 0.3 is 5.56 Å². The van der Waals surface area contributed by atoms with Crippen LogP contribution in [0.5, 0.6) is 0 Å². The highest BCUT2D eigenvalue weighted by molar-refractivity contribution is 7.80. The molecular formula is C17H15N5OS. The number of thiocarbonyl (C=S) groups is 1. The van der Waals surface area contributed by atoms with E-state index in [1.807, 2.05) is 61.5 Å². The average molecular weight is 337 g/mol. The zero-order valence-corrected chi connectivity index (χ0v) is 13.7. The van der Waals surface area contributed by atoms with Crippen molar-refractivity contribution in [1.29, 1.82) is 0 Å². The largest absolute Gasteiger partial charge is 0.374 e. The summed E-state index contributed by atoms with van der Waals surface area (Å²) in [4.78, 5) is 12.5. The van der Waals surface area contributed by atoms with Crippen molar-refractivity contribution >= 4 is 28.7 Å². The predicted molar refractivity (Wildman–Crippen MR) is 98.0 cm³/mol. The van der Waals surface area contributed by atoms with E-state index >= 15 is 0 Å². The van der Waals surface area contributed by atoms with Gasteiger partial charge in [-0.25, -0.2) is 0 Å². The number of nitrogens with one attached hydrogen (secondary N) is 1. The molecule has 0 aliphatic carbocycles. The molecule has 0 amide bonds. The van der Waals surface area contributed by atoms with Gasteiger partial charge in [-0.15, -0.1) is 5.11 Å². The number of benzene rings is 2. The third kappa shape index (κ3) is 3.02. The molecule has 0 unspecified atom stereocenters. The second-order valence-corrected chi connectivity index (χ2v) is 5.58. The normalized spacial score (nSPS) is 11.0. The molecule has 0 atom stereocenters. The molecule has 0 saturated heterocycles. The number of H-pyrrole nitrogens is 1. The third-order valence-corrected chi connectivity index (χ3v) is 3.70. The van der Waals surface area contributed by atoms with Gasteiger partial charge in [0.05, 0.1) is 11.4 Å². The molecule has 3 aromatic rings. The summed E-state index contributed by atoms with van der Waals surface area (Å²) in [6.07, 6.45) is 0. The maximum Gasteiger partial charge on any atom is 0.301 e. The van der Waals surface area contributed by atoms with Crippen molar-refractivity contribution in [2.45, 2.75) is 6.92 Å². The maximum absolute atomic E-state index is 12.5. The number of nitrogens with two attached hydrogens (primary N) is 1. The van der Waals surface area contributed by atoms with Gasteiger partial charge in [0.2, 0.25) is 0 Å². The number of hydrogen-bond acceptors (Lipinski definition) is 4. The van der Waals surface area contributed by atoms with Crippen molar-refractivity contribution in [3.63, 3.8) is 0 Å². The van der Waals surface area contributed by atoms with E-state index in [0.717, 1.165) is 15.8 Å². The Balaban J connectivity index is 2.14. The standard InChI is InChI=1S/C17H15N5OS/c1-11-7-5-6-10-13(11)19-20-15-14(12-8-3-2-4-9-12)21-22(16(15)23)17(18)24/h2-10,21H,1H3,(H2,18,24). The van der Waals surface area contributed by atoms with E-state index in [0.29, 0.717) is 11.4 Å². The lowest BCUT2D eigenvalue weighted by molar-refractivity contribution is 0.910. The molecule has 6 nitrogen and oxygen atoms in total. The number of rotatable bonds is 3. The Labute approximate surface area is 143 Å². The summed E-state index contributed by atoms with van der Waals surface area (Å²) in [5.74, 6) is 0. The van der Waals surface area contributed by atoms with Crippen LogP contribution in [0, 0.1) is 6.92 Å². The number of hydrogen-bond donors (Lipinski definition) is 2. The van der Waals surface area contributed by atoms with Crippen LogP contribution in [0.3, 0.4) is 0 Å². The van der Waals surface area contributed by atoms with Crippen molar-refractivity contribution in [2.75, 3.05) is 0 Å². The second-order valence-electron chi connectivity index (χ2n) is 5.17. The van der Waals surface area contributed by atoms with Crippen LogP contribution in [-0.2, 0) is 0 Å². The van der Waals surface area contributed by atoms with Gasteiger partial charge in [0.15, 0.2) is 10.8 Å². The van der Waals surface area contributed by atoms with Gasteiger partial charge in [-0.05, 0) is 30.8 Å². The van der Waals surface area contributed by atoms with Crippen molar-refractivity contribution < 1.29 is 0 Å². The highest BCUT2D eigenvalue weighted by Crippen LogP contribution is 2.27. The first-order chi connectivity index (χ1) is 11.6. The highest BCUT2D eigenvalue weighted by atomic mass is 32.1. The molecule has 24 heavy (non-hydrogen) atoms. The number of azo groups is 1. The summed E-state index contributed by atoms with van der Waals surface area (Å²) in [5.41, 5.74) is 8.30. The Morgan fingerprint density at radius 3 is 2.42 bits per heavy atom. The Bertz CT molecular complexity index is 972. The maximum atomic E-state index is 12.5. The Morgan fingerprint density at radius 2 is 1.75 bits per heavy atom.